The van der Waals surface area contributed by atoms with Crippen LogP contribution in [-0.2, 0) is 11.5 Å². The predicted octanol–water partition coefficient (Wildman–Crippen LogP) is 2.18. The largest absolute Gasteiger partial charge is 0.272 e. The summed E-state index contributed by atoms with van der Waals surface area (Å²) < 4.78 is 0. The average Bonchev–Trinajstić information content (AvgIpc) is 1.94. The summed E-state index contributed by atoms with van der Waals surface area (Å²) in [6.07, 6.45) is 3.37. The van der Waals surface area contributed by atoms with Crippen LogP contribution >= 0.6 is 0 Å². The molecule has 0 spiro atoms. The van der Waals surface area contributed by atoms with E-state index in [1.165, 1.54) is 6.20 Å². The summed E-state index contributed by atoms with van der Waals surface area (Å²) in [5, 5.41) is 10.9. The summed E-state index contributed by atoms with van der Waals surface area (Å²) in [7, 11) is 0. The summed E-state index contributed by atoms with van der Waals surface area (Å²) in [5.74, 6) is -0.0793. The molecular weight excluding hydrogens is 126 g/mol. The second-order valence-corrected chi connectivity index (χ2v) is 2.22. The van der Waals surface area contributed by atoms with Gasteiger partial charge >= 0.3 is 0 Å². The van der Waals surface area contributed by atoms with Crippen LogP contribution in [0.2, 0.25) is 0 Å². The summed E-state index contributed by atoms with van der Waals surface area (Å²) in [4.78, 5) is 3.64. The van der Waals surface area contributed by atoms with Gasteiger partial charge in [-0.15, -0.1) is 0 Å². The van der Waals surface area contributed by atoms with E-state index >= 15 is 0 Å². The Hall–Kier alpha value is -1.05. The monoisotopic (exact) mass is 136 g/mol. The van der Waals surface area contributed by atoms with Gasteiger partial charge < -0.3 is 0 Å². The van der Waals surface area contributed by atoms with E-state index in [4.69, 9.17) is 0 Å². The molecule has 1 rings (SSSR count). The third-order valence-electron chi connectivity index (χ3n) is 1.37. The highest BCUT2D eigenvalue weighted by atomic mass is 16.3. The molecule has 2 heteroatoms. The molecule has 2 nitrogen and oxygen atoms in total. The number of hydrogen-bond acceptors (Lipinski definition) is 1. The van der Waals surface area contributed by atoms with Crippen LogP contribution in [0.5, 0.6) is 5.88 Å². The highest BCUT2D eigenvalue weighted by Crippen LogP contribution is 2.13. The lowest BCUT2D eigenvalue weighted by Crippen LogP contribution is -1.84. The van der Waals surface area contributed by atoms with Crippen molar-refractivity contribution >= 4 is 0 Å². The maximum Gasteiger partial charge on any atom is 0.272 e. The van der Waals surface area contributed by atoms with E-state index in [-0.39, 0.29) is 5.88 Å². The lowest BCUT2D eigenvalue weighted by molar-refractivity contribution is 0.332. The molecule has 53 valence electrons. The first-order chi connectivity index (χ1) is 4.84. The minimum atomic E-state index is -0.0793. The van der Waals surface area contributed by atoms with Crippen molar-refractivity contribution in [2.75, 3.05) is 0 Å². The first kappa shape index (κ1) is 7.06. The zero-order chi connectivity index (χ0) is 7.40. The van der Waals surface area contributed by atoms with Gasteiger partial charge in [0.15, 0.2) is 0 Å². The second-order valence-electron chi connectivity index (χ2n) is 2.22. The van der Waals surface area contributed by atoms with Crippen LogP contribution in [0.15, 0.2) is 18.3 Å². The first-order valence-corrected chi connectivity index (χ1v) is 3.45. The molecule has 0 bridgehead atoms. The van der Waals surface area contributed by atoms with Gasteiger partial charge in [-0.25, -0.2) is 4.98 Å². The molecule has 0 N–H and O–H groups in total. The molecule has 0 aromatic carbocycles. The van der Waals surface area contributed by atoms with Crippen LogP contribution in [0.25, 0.3) is 0 Å². The van der Waals surface area contributed by atoms with Gasteiger partial charge in [-0.3, -0.25) is 5.11 Å². The van der Waals surface area contributed by atoms with Crippen LogP contribution in [0.1, 0.15) is 18.9 Å². The zero-order valence-corrected chi connectivity index (χ0v) is 6.00. The molecule has 10 heavy (non-hydrogen) atoms. The standard InChI is InChI=1S/C8H10NO/c1-2-4-7-5-3-6-9-8(7)10/h3,5-6H,2,4H2,1H3. The van der Waals surface area contributed by atoms with Crippen molar-refractivity contribution in [2.45, 2.75) is 19.8 Å². The van der Waals surface area contributed by atoms with Gasteiger partial charge in [0.05, 0.1) is 0 Å². The van der Waals surface area contributed by atoms with Crippen molar-refractivity contribution in [2.24, 2.45) is 0 Å². The first-order valence-electron chi connectivity index (χ1n) is 3.45. The van der Waals surface area contributed by atoms with E-state index in [2.05, 4.69) is 4.98 Å². The molecule has 1 radical (unpaired) electrons. The number of pyridine rings is 1. The Balaban J connectivity index is 2.81. The Morgan fingerprint density at radius 3 is 3.00 bits per heavy atom. The highest BCUT2D eigenvalue weighted by Gasteiger charge is 1.99. The van der Waals surface area contributed by atoms with E-state index < -0.39 is 0 Å². The molecule has 0 aliphatic rings. The van der Waals surface area contributed by atoms with Crippen LogP contribution in [0.3, 0.4) is 0 Å². The maximum absolute atomic E-state index is 10.9. The molecule has 0 unspecified atom stereocenters. The van der Waals surface area contributed by atoms with Crippen molar-refractivity contribution in [3.05, 3.63) is 23.9 Å². The normalized spacial score (nSPS) is 9.70. The Bertz CT molecular complexity index is 210. The molecule has 0 atom stereocenters. The highest BCUT2D eigenvalue weighted by molar-refractivity contribution is 5.23. The average molecular weight is 136 g/mol. The van der Waals surface area contributed by atoms with E-state index in [0.29, 0.717) is 0 Å². The molecule has 1 aromatic rings. The Morgan fingerprint density at radius 2 is 2.40 bits per heavy atom. The van der Waals surface area contributed by atoms with Crippen LogP contribution in [0, 0.1) is 0 Å². The second kappa shape index (κ2) is 3.20. The lowest BCUT2D eigenvalue weighted by atomic mass is 10.2. The number of aromatic nitrogens is 1. The van der Waals surface area contributed by atoms with Crippen molar-refractivity contribution in [3.63, 3.8) is 0 Å². The fourth-order valence-corrected chi connectivity index (χ4v) is 0.884. The molecule has 0 aliphatic heterocycles. The van der Waals surface area contributed by atoms with Gasteiger partial charge in [-0.05, 0) is 12.5 Å². The van der Waals surface area contributed by atoms with Gasteiger partial charge in [0.1, 0.15) is 0 Å². The summed E-state index contributed by atoms with van der Waals surface area (Å²) in [6.45, 7) is 2.05. The smallest absolute Gasteiger partial charge is 0.267 e. The topological polar surface area (TPSA) is 32.8 Å². The molecule has 0 fully saturated rings. The molecule has 0 saturated heterocycles. The van der Waals surface area contributed by atoms with Gasteiger partial charge in [0.2, 0.25) is 0 Å². The summed E-state index contributed by atoms with van der Waals surface area (Å²) in [5.41, 5.74) is 0.824. The van der Waals surface area contributed by atoms with Gasteiger partial charge in [0, 0.05) is 11.8 Å². The number of nitrogens with zero attached hydrogens (tertiary/aromatic N) is 1. The molecular formula is C8H10NO. The maximum atomic E-state index is 10.9. The number of aryl methyl sites for hydroxylation is 1. The molecule has 1 heterocycles. The quantitative estimate of drug-likeness (QED) is 0.613. The Morgan fingerprint density at radius 1 is 1.60 bits per heavy atom. The zero-order valence-electron chi connectivity index (χ0n) is 6.00. The third-order valence-corrected chi connectivity index (χ3v) is 1.37. The third kappa shape index (κ3) is 1.47. The lowest BCUT2D eigenvalue weighted by Gasteiger charge is -1.95. The number of rotatable bonds is 2. The fourth-order valence-electron chi connectivity index (χ4n) is 0.884. The van der Waals surface area contributed by atoms with E-state index in [1.54, 1.807) is 6.07 Å². The SMILES string of the molecule is CCCc1cccnc1[O]. The van der Waals surface area contributed by atoms with E-state index in [9.17, 15) is 5.11 Å². The van der Waals surface area contributed by atoms with Crippen molar-refractivity contribution in [1.29, 1.82) is 0 Å². The van der Waals surface area contributed by atoms with Gasteiger partial charge in [-0.2, -0.15) is 0 Å². The molecule has 1 aromatic heterocycles. The van der Waals surface area contributed by atoms with Crippen LogP contribution in [-0.4, -0.2) is 4.98 Å². The van der Waals surface area contributed by atoms with Crippen molar-refractivity contribution in [1.82, 2.24) is 4.98 Å². The predicted molar refractivity (Wildman–Crippen MR) is 38.4 cm³/mol. The van der Waals surface area contributed by atoms with Crippen LogP contribution < -0.4 is 0 Å². The van der Waals surface area contributed by atoms with E-state index in [1.807, 2.05) is 13.0 Å². The molecule has 0 aliphatic carbocycles. The van der Waals surface area contributed by atoms with Crippen LogP contribution in [0.4, 0.5) is 0 Å². The van der Waals surface area contributed by atoms with Crippen molar-refractivity contribution < 1.29 is 5.11 Å². The summed E-state index contributed by atoms with van der Waals surface area (Å²) >= 11 is 0. The van der Waals surface area contributed by atoms with Crippen molar-refractivity contribution in [3.8, 4) is 5.88 Å². The fraction of sp³-hybridized carbons (Fsp3) is 0.375. The van der Waals surface area contributed by atoms with Gasteiger partial charge in [-0.1, -0.05) is 19.4 Å². The minimum absolute atomic E-state index is 0.0793. The van der Waals surface area contributed by atoms with Gasteiger partial charge in [0.25, 0.3) is 5.88 Å². The number of hydrogen-bond donors (Lipinski definition) is 0. The minimum Gasteiger partial charge on any atom is -0.267 e. The van der Waals surface area contributed by atoms with E-state index in [0.717, 1.165) is 18.4 Å². The molecule has 0 saturated carbocycles. The summed E-state index contributed by atoms with van der Waals surface area (Å²) in [6, 6.07) is 3.63. The molecule has 0 amide bonds. The Kier molecular flexibility index (Phi) is 2.26. The Labute approximate surface area is 60.5 Å².